The third-order valence-corrected chi connectivity index (χ3v) is 4.43. The summed E-state index contributed by atoms with van der Waals surface area (Å²) in [7, 11) is 0. The zero-order valence-electron chi connectivity index (χ0n) is 10.5. The van der Waals surface area contributed by atoms with Crippen LogP contribution in [0.5, 0.6) is 0 Å². The van der Waals surface area contributed by atoms with Crippen molar-refractivity contribution in [3.63, 3.8) is 0 Å². The Balaban J connectivity index is 2.07. The second kappa shape index (κ2) is 5.31. The van der Waals surface area contributed by atoms with E-state index in [1.165, 1.54) is 25.7 Å². The minimum Gasteiger partial charge on any atom is -0.478 e. The maximum Gasteiger partial charge on any atom is 0.335 e. The van der Waals surface area contributed by atoms with E-state index >= 15 is 0 Å². The van der Waals surface area contributed by atoms with Crippen LogP contribution in [0.2, 0.25) is 0 Å². The van der Waals surface area contributed by atoms with E-state index < -0.39 is 5.97 Å². The molecule has 0 spiro atoms. The molecule has 2 rings (SSSR count). The molecule has 1 fully saturated rings. The number of carboxylic acids is 1. The van der Waals surface area contributed by atoms with Gasteiger partial charge in [0.1, 0.15) is 0 Å². The molecule has 98 valence electrons. The van der Waals surface area contributed by atoms with E-state index in [2.05, 4.69) is 28.2 Å². The van der Waals surface area contributed by atoms with Gasteiger partial charge in [-0.1, -0.05) is 29.3 Å². The number of nitrogens with one attached hydrogen (secondary N) is 1. The predicted octanol–water partition coefficient (Wildman–Crippen LogP) is 4.14. The Labute approximate surface area is 116 Å². The van der Waals surface area contributed by atoms with Gasteiger partial charge in [0.15, 0.2) is 0 Å². The van der Waals surface area contributed by atoms with Gasteiger partial charge in [-0.25, -0.2) is 4.79 Å². The first-order chi connectivity index (χ1) is 8.54. The summed E-state index contributed by atoms with van der Waals surface area (Å²) in [5.41, 5.74) is 1.61. The molecule has 0 amide bonds. The first-order valence-corrected chi connectivity index (χ1v) is 7.12. The molecule has 1 aliphatic carbocycles. The molecule has 3 nitrogen and oxygen atoms in total. The topological polar surface area (TPSA) is 49.3 Å². The minimum absolute atomic E-state index is 0.311. The number of carbonyl (C=O) groups is 1. The van der Waals surface area contributed by atoms with Gasteiger partial charge in [0.2, 0.25) is 0 Å². The number of anilines is 1. The number of rotatable bonds is 5. The molecule has 4 heteroatoms. The highest BCUT2D eigenvalue weighted by molar-refractivity contribution is 9.10. The zero-order valence-corrected chi connectivity index (χ0v) is 12.1. The second-order valence-electron chi connectivity index (χ2n) is 5.09. The van der Waals surface area contributed by atoms with Gasteiger partial charge in [-0.05, 0) is 42.9 Å². The van der Waals surface area contributed by atoms with Gasteiger partial charge in [-0.15, -0.1) is 0 Å². The molecular formula is C14H18BrNO2. The van der Waals surface area contributed by atoms with Crippen molar-refractivity contribution in [1.82, 2.24) is 0 Å². The first kappa shape index (κ1) is 13.4. The van der Waals surface area contributed by atoms with Crippen LogP contribution in [-0.2, 0) is 0 Å². The van der Waals surface area contributed by atoms with E-state index in [0.29, 0.717) is 11.0 Å². The summed E-state index contributed by atoms with van der Waals surface area (Å²) in [6.07, 6.45) is 5.04. The Morgan fingerprint density at radius 3 is 2.67 bits per heavy atom. The lowest BCUT2D eigenvalue weighted by Crippen LogP contribution is -2.35. The lowest BCUT2D eigenvalue weighted by molar-refractivity contribution is 0.0697. The smallest absolute Gasteiger partial charge is 0.335 e. The Morgan fingerprint density at radius 1 is 1.44 bits per heavy atom. The van der Waals surface area contributed by atoms with Gasteiger partial charge in [-0.2, -0.15) is 0 Å². The fourth-order valence-corrected chi connectivity index (χ4v) is 2.93. The average Bonchev–Trinajstić information content (AvgIpc) is 2.27. The molecule has 0 aliphatic heterocycles. The van der Waals surface area contributed by atoms with Gasteiger partial charge >= 0.3 is 5.97 Å². The normalized spacial score (nSPS) is 17.0. The number of carboxylic acid groups (broad SMARTS) is 1. The van der Waals surface area contributed by atoms with Crippen molar-refractivity contribution in [2.45, 2.75) is 32.6 Å². The van der Waals surface area contributed by atoms with E-state index in [9.17, 15) is 4.79 Å². The predicted molar refractivity (Wildman–Crippen MR) is 76.2 cm³/mol. The summed E-state index contributed by atoms with van der Waals surface area (Å²) >= 11 is 3.35. The highest BCUT2D eigenvalue weighted by atomic mass is 79.9. The van der Waals surface area contributed by atoms with E-state index in [0.717, 1.165) is 16.7 Å². The van der Waals surface area contributed by atoms with Crippen LogP contribution in [-0.4, -0.2) is 17.6 Å². The molecular weight excluding hydrogens is 294 g/mol. The SMILES string of the molecule is CCC1(CNc2cc(Br)cc(C(=O)O)c2)CCC1. The monoisotopic (exact) mass is 311 g/mol. The number of hydrogen-bond donors (Lipinski definition) is 2. The van der Waals surface area contributed by atoms with Gasteiger partial charge in [0.05, 0.1) is 5.56 Å². The fraction of sp³-hybridized carbons (Fsp3) is 0.500. The van der Waals surface area contributed by atoms with Crippen LogP contribution < -0.4 is 5.32 Å². The van der Waals surface area contributed by atoms with E-state index in [1.54, 1.807) is 12.1 Å². The largest absolute Gasteiger partial charge is 0.478 e. The van der Waals surface area contributed by atoms with E-state index in [-0.39, 0.29) is 0 Å². The van der Waals surface area contributed by atoms with Crippen molar-refractivity contribution in [1.29, 1.82) is 0 Å². The molecule has 1 saturated carbocycles. The molecule has 1 aromatic rings. The molecule has 0 unspecified atom stereocenters. The van der Waals surface area contributed by atoms with Crippen LogP contribution in [0.25, 0.3) is 0 Å². The van der Waals surface area contributed by atoms with Gasteiger partial charge in [-0.3, -0.25) is 0 Å². The summed E-state index contributed by atoms with van der Waals surface area (Å²) < 4.78 is 0.795. The Morgan fingerprint density at radius 2 is 2.17 bits per heavy atom. The van der Waals surface area contributed by atoms with E-state index in [4.69, 9.17) is 5.11 Å². The Bertz CT molecular complexity index is 450. The summed E-state index contributed by atoms with van der Waals surface area (Å²) in [5.74, 6) is -0.895. The molecule has 1 aliphatic rings. The third kappa shape index (κ3) is 2.86. The molecule has 0 bridgehead atoms. The van der Waals surface area contributed by atoms with Crippen LogP contribution in [0.15, 0.2) is 22.7 Å². The van der Waals surface area contributed by atoms with E-state index in [1.807, 2.05) is 6.07 Å². The lowest BCUT2D eigenvalue weighted by Gasteiger charge is -2.41. The highest BCUT2D eigenvalue weighted by Gasteiger charge is 2.34. The number of halogens is 1. The molecule has 0 heterocycles. The lowest BCUT2D eigenvalue weighted by atomic mass is 9.67. The van der Waals surface area contributed by atoms with Crippen LogP contribution >= 0.6 is 15.9 Å². The molecule has 1 aromatic carbocycles. The summed E-state index contributed by atoms with van der Waals surface area (Å²) in [4.78, 5) is 11.0. The second-order valence-corrected chi connectivity index (χ2v) is 6.01. The highest BCUT2D eigenvalue weighted by Crippen LogP contribution is 2.43. The first-order valence-electron chi connectivity index (χ1n) is 6.32. The third-order valence-electron chi connectivity index (χ3n) is 3.98. The maximum atomic E-state index is 11.0. The van der Waals surface area contributed by atoms with Crippen molar-refractivity contribution in [2.75, 3.05) is 11.9 Å². The van der Waals surface area contributed by atoms with Gasteiger partial charge < -0.3 is 10.4 Å². The number of benzene rings is 1. The Hall–Kier alpha value is -1.03. The van der Waals surface area contributed by atoms with Crippen molar-refractivity contribution in [3.8, 4) is 0 Å². The van der Waals surface area contributed by atoms with Crippen molar-refractivity contribution >= 4 is 27.6 Å². The van der Waals surface area contributed by atoms with Gasteiger partial charge in [0, 0.05) is 16.7 Å². The quantitative estimate of drug-likeness (QED) is 0.859. The number of hydrogen-bond acceptors (Lipinski definition) is 2. The van der Waals surface area contributed by atoms with Crippen LogP contribution in [0.3, 0.4) is 0 Å². The molecule has 0 saturated heterocycles. The average molecular weight is 312 g/mol. The molecule has 0 aromatic heterocycles. The summed E-state index contributed by atoms with van der Waals surface area (Å²) in [5, 5.41) is 12.4. The minimum atomic E-state index is -0.895. The molecule has 0 atom stereocenters. The molecule has 0 radical (unpaired) electrons. The maximum absolute atomic E-state index is 11.0. The van der Waals surface area contributed by atoms with Crippen LogP contribution in [0, 0.1) is 5.41 Å². The van der Waals surface area contributed by atoms with Crippen LogP contribution in [0.1, 0.15) is 43.0 Å². The van der Waals surface area contributed by atoms with Gasteiger partial charge in [0.25, 0.3) is 0 Å². The standard InChI is InChI=1S/C14H18BrNO2/c1-2-14(4-3-5-14)9-16-12-7-10(13(17)18)6-11(15)8-12/h6-8,16H,2-5,9H2,1H3,(H,17,18). The molecule has 18 heavy (non-hydrogen) atoms. The van der Waals surface area contributed by atoms with Crippen molar-refractivity contribution in [3.05, 3.63) is 28.2 Å². The fourth-order valence-electron chi connectivity index (χ4n) is 2.44. The zero-order chi connectivity index (χ0) is 13.2. The van der Waals surface area contributed by atoms with Crippen LogP contribution in [0.4, 0.5) is 5.69 Å². The summed E-state index contributed by atoms with van der Waals surface area (Å²) in [6.45, 7) is 3.16. The Kier molecular flexibility index (Phi) is 3.95. The molecule has 2 N–H and O–H groups in total. The summed E-state index contributed by atoms with van der Waals surface area (Å²) in [6, 6.07) is 5.23. The van der Waals surface area contributed by atoms with Crippen molar-refractivity contribution in [2.24, 2.45) is 5.41 Å². The number of aromatic carboxylic acids is 1. The van der Waals surface area contributed by atoms with Crippen molar-refractivity contribution < 1.29 is 9.90 Å².